The number of ether oxygens (including phenoxy) is 2. The molecule has 29 heavy (non-hydrogen) atoms. The van der Waals surface area contributed by atoms with E-state index in [-0.39, 0.29) is 24.4 Å². The molecule has 1 fully saturated rings. The molecule has 0 aromatic rings. The SMILES string of the molecule is CCCCCCCCCC1=C(CC(=O)OCC)/C(=N/C2CCC(C)CC2)OC1=O. The predicted octanol–water partition coefficient (Wildman–Crippen LogP) is 5.91. The van der Waals surface area contributed by atoms with E-state index in [1.54, 1.807) is 6.92 Å². The van der Waals surface area contributed by atoms with Gasteiger partial charge in [-0.1, -0.05) is 52.4 Å². The van der Waals surface area contributed by atoms with E-state index in [4.69, 9.17) is 14.5 Å². The lowest BCUT2D eigenvalue weighted by molar-refractivity contribution is -0.142. The molecule has 1 aliphatic heterocycles. The second-order valence-electron chi connectivity index (χ2n) is 8.55. The van der Waals surface area contributed by atoms with E-state index in [1.807, 2.05) is 0 Å². The molecular weight excluding hydrogens is 366 g/mol. The van der Waals surface area contributed by atoms with Crippen LogP contribution in [0.2, 0.25) is 0 Å². The van der Waals surface area contributed by atoms with E-state index < -0.39 is 0 Å². The number of unbranched alkanes of at least 4 members (excludes halogenated alkanes) is 6. The molecule has 1 saturated carbocycles. The summed E-state index contributed by atoms with van der Waals surface area (Å²) in [6, 6.07) is 0.184. The second-order valence-corrected chi connectivity index (χ2v) is 8.55. The minimum absolute atomic E-state index is 0.0768. The molecule has 5 heteroatoms. The number of carbonyl (C=O) groups is 2. The maximum absolute atomic E-state index is 12.5. The minimum Gasteiger partial charge on any atom is -0.466 e. The number of rotatable bonds is 12. The van der Waals surface area contributed by atoms with Gasteiger partial charge in [-0.05, 0) is 51.4 Å². The van der Waals surface area contributed by atoms with Crippen LogP contribution in [0.5, 0.6) is 0 Å². The summed E-state index contributed by atoms with van der Waals surface area (Å²) in [5.41, 5.74) is 1.30. The first-order chi connectivity index (χ1) is 14.0. The number of esters is 2. The maximum atomic E-state index is 12.5. The first-order valence-corrected chi connectivity index (χ1v) is 11.7. The van der Waals surface area contributed by atoms with E-state index in [2.05, 4.69) is 13.8 Å². The van der Waals surface area contributed by atoms with Crippen LogP contribution >= 0.6 is 0 Å². The molecule has 0 spiro atoms. The lowest BCUT2D eigenvalue weighted by Crippen LogP contribution is -2.19. The highest BCUT2D eigenvalue weighted by atomic mass is 16.6. The average Bonchev–Trinajstić information content (AvgIpc) is 2.97. The molecule has 0 bridgehead atoms. The summed E-state index contributed by atoms with van der Waals surface area (Å²) in [6.45, 7) is 6.61. The number of cyclic esters (lactones) is 1. The molecule has 0 atom stereocenters. The van der Waals surface area contributed by atoms with Gasteiger partial charge in [-0.3, -0.25) is 4.79 Å². The largest absolute Gasteiger partial charge is 0.466 e. The molecule has 1 aliphatic carbocycles. The third-order valence-electron chi connectivity index (χ3n) is 6.00. The van der Waals surface area contributed by atoms with Crippen molar-refractivity contribution in [3.05, 3.63) is 11.1 Å². The Morgan fingerprint density at radius 1 is 1.00 bits per heavy atom. The van der Waals surface area contributed by atoms with Crippen LogP contribution in [-0.4, -0.2) is 30.5 Å². The molecule has 0 saturated heterocycles. The third-order valence-corrected chi connectivity index (χ3v) is 6.00. The maximum Gasteiger partial charge on any atom is 0.341 e. The highest BCUT2D eigenvalue weighted by Gasteiger charge is 2.33. The molecule has 0 radical (unpaired) electrons. The minimum atomic E-state index is -0.321. The van der Waals surface area contributed by atoms with Crippen molar-refractivity contribution in [1.29, 1.82) is 0 Å². The molecule has 0 aromatic heterocycles. The molecule has 164 valence electrons. The van der Waals surface area contributed by atoms with Crippen molar-refractivity contribution in [2.45, 2.75) is 110 Å². The average molecular weight is 406 g/mol. The van der Waals surface area contributed by atoms with Crippen LogP contribution in [0.15, 0.2) is 16.1 Å². The van der Waals surface area contributed by atoms with Crippen LogP contribution in [0.3, 0.4) is 0 Å². The summed E-state index contributed by atoms with van der Waals surface area (Å²) < 4.78 is 10.7. The molecule has 0 aromatic carbocycles. The van der Waals surface area contributed by atoms with Gasteiger partial charge in [0.25, 0.3) is 0 Å². The number of hydrogen-bond donors (Lipinski definition) is 0. The van der Waals surface area contributed by atoms with Gasteiger partial charge < -0.3 is 9.47 Å². The molecule has 0 N–H and O–H groups in total. The van der Waals surface area contributed by atoms with Crippen molar-refractivity contribution in [3.8, 4) is 0 Å². The van der Waals surface area contributed by atoms with Crippen molar-refractivity contribution in [1.82, 2.24) is 0 Å². The highest BCUT2D eigenvalue weighted by molar-refractivity contribution is 6.16. The Bertz CT molecular complexity index is 600. The van der Waals surface area contributed by atoms with Crippen molar-refractivity contribution in [3.63, 3.8) is 0 Å². The smallest absolute Gasteiger partial charge is 0.341 e. The fourth-order valence-electron chi connectivity index (χ4n) is 4.16. The van der Waals surface area contributed by atoms with Crippen molar-refractivity contribution in [2.24, 2.45) is 10.9 Å². The predicted molar refractivity (Wildman–Crippen MR) is 116 cm³/mol. The van der Waals surface area contributed by atoms with Crippen LogP contribution in [-0.2, 0) is 19.1 Å². The Morgan fingerprint density at radius 2 is 1.66 bits per heavy atom. The zero-order valence-corrected chi connectivity index (χ0v) is 18.6. The van der Waals surface area contributed by atoms with Gasteiger partial charge in [0.15, 0.2) is 0 Å². The Hall–Kier alpha value is -1.65. The standard InChI is InChI=1S/C24H39NO4/c1-4-6-7-8-9-10-11-12-20-21(17-22(26)28-5-2)23(29-24(20)27)25-19-15-13-18(3)14-16-19/h18-19H,4-17H2,1-3H3/b25-23-. The van der Waals surface area contributed by atoms with Gasteiger partial charge in [0.1, 0.15) is 0 Å². The fourth-order valence-corrected chi connectivity index (χ4v) is 4.16. The number of nitrogens with zero attached hydrogens (tertiary/aromatic N) is 1. The molecule has 1 heterocycles. The quantitative estimate of drug-likeness (QED) is 0.299. The lowest BCUT2D eigenvalue weighted by atomic mass is 9.87. The first-order valence-electron chi connectivity index (χ1n) is 11.7. The first kappa shape index (κ1) is 23.6. The van der Waals surface area contributed by atoms with E-state index >= 15 is 0 Å². The van der Waals surface area contributed by atoms with Gasteiger partial charge in [-0.2, -0.15) is 0 Å². The topological polar surface area (TPSA) is 65.0 Å². The van der Waals surface area contributed by atoms with Crippen LogP contribution < -0.4 is 0 Å². The van der Waals surface area contributed by atoms with Crippen molar-refractivity contribution < 1.29 is 19.1 Å². The summed E-state index contributed by atoms with van der Waals surface area (Å²) in [5.74, 6) is 0.474. The molecular formula is C24H39NO4. The third kappa shape index (κ3) is 7.94. The molecule has 0 amide bonds. The molecule has 5 nitrogen and oxygen atoms in total. The molecule has 0 unspecified atom stereocenters. The van der Waals surface area contributed by atoms with Crippen LogP contribution in [0, 0.1) is 5.92 Å². The lowest BCUT2D eigenvalue weighted by Gasteiger charge is -2.23. The van der Waals surface area contributed by atoms with Crippen LogP contribution in [0.1, 0.15) is 104 Å². The zero-order chi connectivity index (χ0) is 21.1. The van der Waals surface area contributed by atoms with Crippen molar-refractivity contribution in [2.75, 3.05) is 6.61 Å². The summed E-state index contributed by atoms with van der Waals surface area (Å²) in [6.07, 6.45) is 13.4. The van der Waals surface area contributed by atoms with E-state index in [1.165, 1.54) is 32.1 Å². The normalized spacial score (nSPS) is 23.6. The van der Waals surface area contributed by atoms with E-state index in [9.17, 15) is 9.59 Å². The van der Waals surface area contributed by atoms with Crippen LogP contribution in [0.25, 0.3) is 0 Å². The van der Waals surface area contributed by atoms with Gasteiger partial charge in [-0.15, -0.1) is 0 Å². The summed E-state index contributed by atoms with van der Waals surface area (Å²) in [5, 5.41) is 0. The second kappa shape index (κ2) is 12.8. The number of hydrogen-bond acceptors (Lipinski definition) is 5. The number of carbonyl (C=O) groups excluding carboxylic acids is 2. The van der Waals surface area contributed by atoms with Crippen molar-refractivity contribution >= 4 is 17.8 Å². The summed E-state index contributed by atoms with van der Waals surface area (Å²) in [7, 11) is 0. The van der Waals surface area contributed by atoms with Gasteiger partial charge in [-0.25, -0.2) is 9.79 Å². The highest BCUT2D eigenvalue weighted by Crippen LogP contribution is 2.30. The van der Waals surface area contributed by atoms with Crippen LogP contribution in [0.4, 0.5) is 0 Å². The monoisotopic (exact) mass is 405 g/mol. The van der Waals surface area contributed by atoms with Gasteiger partial charge in [0, 0.05) is 11.1 Å². The van der Waals surface area contributed by atoms with Gasteiger partial charge >= 0.3 is 11.9 Å². The van der Waals surface area contributed by atoms with E-state index in [0.717, 1.165) is 44.4 Å². The fraction of sp³-hybridized carbons (Fsp3) is 0.792. The Labute approximate surface area is 176 Å². The summed E-state index contributed by atoms with van der Waals surface area (Å²) >= 11 is 0. The Kier molecular flexibility index (Phi) is 10.4. The Morgan fingerprint density at radius 3 is 2.31 bits per heavy atom. The van der Waals surface area contributed by atoms with Gasteiger partial charge in [0.2, 0.25) is 5.90 Å². The molecule has 2 aliphatic rings. The summed E-state index contributed by atoms with van der Waals surface area (Å²) in [4.78, 5) is 29.4. The Balaban J connectivity index is 2.02. The molecule has 2 rings (SSSR count). The van der Waals surface area contributed by atoms with Gasteiger partial charge in [0.05, 0.1) is 19.1 Å². The zero-order valence-electron chi connectivity index (χ0n) is 18.6. The van der Waals surface area contributed by atoms with E-state index in [0.29, 0.717) is 30.1 Å². The number of aliphatic imine (C=N–C) groups is 1.